The molecule has 9 nitrogen and oxygen atoms in total. The fraction of sp³-hybridized carbons (Fsp3) is 0.296. The van der Waals surface area contributed by atoms with E-state index in [2.05, 4.69) is 9.71 Å². The lowest BCUT2D eigenvalue weighted by atomic mass is 9.96. The monoisotopic (exact) mass is 522 g/mol. The van der Waals surface area contributed by atoms with Crippen LogP contribution in [0.5, 0.6) is 0 Å². The highest BCUT2D eigenvalue weighted by Gasteiger charge is 2.33. The molecule has 0 aliphatic carbocycles. The summed E-state index contributed by atoms with van der Waals surface area (Å²) in [6.07, 6.45) is 0.740. The number of rotatable bonds is 8. The number of carbonyl (C=O) groups excluding carboxylic acids is 1. The maximum Gasteiger partial charge on any atom is 0.306 e. The molecule has 194 valence electrons. The molecule has 10 heteroatoms. The number of piperidine rings is 1. The molecule has 3 aromatic carbocycles. The van der Waals surface area contributed by atoms with Gasteiger partial charge in [-0.2, -0.15) is 4.72 Å². The van der Waals surface area contributed by atoms with Gasteiger partial charge in [0.25, 0.3) is 0 Å². The lowest BCUT2D eigenvalue weighted by Gasteiger charge is -2.33. The van der Waals surface area contributed by atoms with E-state index in [9.17, 15) is 23.1 Å². The molecule has 1 saturated heterocycles. The van der Waals surface area contributed by atoms with E-state index in [4.69, 9.17) is 5.73 Å². The standard InChI is InChI=1S/C27H30N4O5S/c1-29-25(28)22-8-4-5-18(15-22)16-24(26(32)31-13-11-20(12-14-31)27(33)34)30-37(35,36)23-10-9-19-6-2-3-7-21(19)17-23/h2-10,15,17,20,24,30H,11-14,16H2,1H3,(H2,28,29)(H,33,34). The molecule has 1 unspecified atom stereocenters. The number of amides is 1. The Morgan fingerprint density at radius 1 is 1.05 bits per heavy atom. The Kier molecular flexibility index (Phi) is 7.89. The average molecular weight is 523 g/mol. The zero-order chi connectivity index (χ0) is 26.6. The van der Waals surface area contributed by atoms with Crippen LogP contribution >= 0.6 is 0 Å². The van der Waals surface area contributed by atoms with Crippen LogP contribution < -0.4 is 10.5 Å². The number of nitrogens with one attached hydrogen (secondary N) is 1. The van der Waals surface area contributed by atoms with Gasteiger partial charge in [-0.25, -0.2) is 8.42 Å². The number of amidine groups is 1. The van der Waals surface area contributed by atoms with Gasteiger partial charge in [-0.3, -0.25) is 14.6 Å². The van der Waals surface area contributed by atoms with Crippen molar-refractivity contribution in [3.05, 3.63) is 77.9 Å². The van der Waals surface area contributed by atoms with Crippen LogP contribution in [0.4, 0.5) is 0 Å². The topological polar surface area (TPSA) is 142 Å². The fourth-order valence-electron chi connectivity index (χ4n) is 4.56. The average Bonchev–Trinajstić information content (AvgIpc) is 2.91. The van der Waals surface area contributed by atoms with Gasteiger partial charge in [0.1, 0.15) is 11.9 Å². The van der Waals surface area contributed by atoms with Crippen molar-refractivity contribution in [2.24, 2.45) is 16.6 Å². The van der Waals surface area contributed by atoms with Gasteiger partial charge in [-0.15, -0.1) is 0 Å². The SMILES string of the molecule is CN=C(N)c1cccc(CC(NS(=O)(=O)c2ccc3ccccc3c2)C(=O)N2CCC(C(=O)O)CC2)c1. The smallest absolute Gasteiger partial charge is 0.306 e. The van der Waals surface area contributed by atoms with Crippen LogP contribution in [0.2, 0.25) is 0 Å². The van der Waals surface area contributed by atoms with E-state index < -0.39 is 33.9 Å². The number of likely N-dealkylation sites (tertiary alicyclic amines) is 1. The van der Waals surface area contributed by atoms with Gasteiger partial charge in [-0.1, -0.05) is 48.5 Å². The first-order valence-electron chi connectivity index (χ1n) is 12.0. The second kappa shape index (κ2) is 11.1. The molecule has 1 heterocycles. The largest absolute Gasteiger partial charge is 0.481 e. The number of carboxylic acid groups (broad SMARTS) is 1. The predicted molar refractivity (Wildman–Crippen MR) is 142 cm³/mol. The van der Waals surface area contributed by atoms with Gasteiger partial charge in [0, 0.05) is 25.7 Å². The molecule has 37 heavy (non-hydrogen) atoms. The lowest BCUT2D eigenvalue weighted by Crippen LogP contribution is -2.52. The zero-order valence-corrected chi connectivity index (χ0v) is 21.3. The van der Waals surface area contributed by atoms with Crippen LogP contribution in [-0.2, 0) is 26.0 Å². The zero-order valence-electron chi connectivity index (χ0n) is 20.5. The molecular formula is C27H30N4O5S. The van der Waals surface area contributed by atoms with Crippen LogP contribution in [0.3, 0.4) is 0 Å². The first-order valence-corrected chi connectivity index (χ1v) is 13.5. The molecule has 1 atom stereocenters. The van der Waals surface area contributed by atoms with Crippen LogP contribution in [0.25, 0.3) is 10.8 Å². The quantitative estimate of drug-likeness (QED) is 0.306. The van der Waals surface area contributed by atoms with E-state index in [1.807, 2.05) is 24.3 Å². The maximum absolute atomic E-state index is 13.6. The predicted octanol–water partition coefficient (Wildman–Crippen LogP) is 2.39. The Labute approximate surface area is 216 Å². The molecule has 1 fully saturated rings. The number of aliphatic imine (C=N–C) groups is 1. The van der Waals surface area contributed by atoms with E-state index in [1.165, 1.54) is 6.07 Å². The van der Waals surface area contributed by atoms with Gasteiger partial charge < -0.3 is 15.7 Å². The van der Waals surface area contributed by atoms with Crippen LogP contribution in [-0.4, -0.2) is 62.3 Å². The van der Waals surface area contributed by atoms with E-state index in [1.54, 1.807) is 48.3 Å². The molecule has 0 saturated carbocycles. The second-order valence-electron chi connectivity index (χ2n) is 9.13. The first kappa shape index (κ1) is 26.3. The van der Waals surface area contributed by atoms with Crippen LogP contribution in [0.15, 0.2) is 76.6 Å². The molecule has 1 aliphatic heterocycles. The number of carboxylic acids is 1. The van der Waals surface area contributed by atoms with Gasteiger partial charge >= 0.3 is 5.97 Å². The molecule has 4 rings (SSSR count). The van der Waals surface area contributed by atoms with Gasteiger partial charge in [0.2, 0.25) is 15.9 Å². The third kappa shape index (κ3) is 6.15. The summed E-state index contributed by atoms with van der Waals surface area (Å²) in [4.78, 5) is 30.5. The first-order chi connectivity index (χ1) is 17.7. The molecule has 1 amide bonds. The van der Waals surface area contributed by atoms with E-state index in [0.717, 1.165) is 10.8 Å². The van der Waals surface area contributed by atoms with Crippen molar-refractivity contribution >= 4 is 38.5 Å². The molecule has 0 aromatic heterocycles. The summed E-state index contributed by atoms with van der Waals surface area (Å²) in [5.41, 5.74) is 7.33. The summed E-state index contributed by atoms with van der Waals surface area (Å²) >= 11 is 0. The van der Waals surface area contributed by atoms with Gasteiger partial charge in [-0.05, 0) is 53.8 Å². The van der Waals surface area contributed by atoms with Crippen molar-refractivity contribution in [1.82, 2.24) is 9.62 Å². The third-order valence-electron chi connectivity index (χ3n) is 6.69. The highest BCUT2D eigenvalue weighted by Crippen LogP contribution is 2.22. The number of carbonyl (C=O) groups is 2. The van der Waals surface area contributed by atoms with Crippen molar-refractivity contribution in [3.8, 4) is 0 Å². The number of fused-ring (bicyclic) bond motifs is 1. The number of hydrogen-bond donors (Lipinski definition) is 3. The normalized spacial score (nSPS) is 16.0. The Bertz CT molecular complexity index is 1450. The molecule has 4 N–H and O–H groups in total. The number of aliphatic carboxylic acids is 1. The van der Waals surface area contributed by atoms with E-state index in [-0.39, 0.29) is 24.4 Å². The summed E-state index contributed by atoms with van der Waals surface area (Å²) in [5.74, 6) is -1.45. The van der Waals surface area contributed by atoms with Gasteiger partial charge in [0.15, 0.2) is 0 Å². The van der Waals surface area contributed by atoms with Crippen molar-refractivity contribution in [1.29, 1.82) is 0 Å². The molecular weight excluding hydrogens is 492 g/mol. The molecule has 0 bridgehead atoms. The highest BCUT2D eigenvalue weighted by atomic mass is 32.2. The Hall–Kier alpha value is -3.76. The summed E-state index contributed by atoms with van der Waals surface area (Å²) < 4.78 is 29.5. The summed E-state index contributed by atoms with van der Waals surface area (Å²) in [7, 11) is -2.47. The number of nitrogens with zero attached hydrogens (tertiary/aromatic N) is 2. The minimum atomic E-state index is -4.05. The minimum Gasteiger partial charge on any atom is -0.481 e. The molecule has 3 aromatic rings. The lowest BCUT2D eigenvalue weighted by molar-refractivity contribution is -0.146. The number of nitrogens with two attached hydrogens (primary N) is 1. The molecule has 0 spiro atoms. The van der Waals surface area contributed by atoms with Crippen molar-refractivity contribution in [3.63, 3.8) is 0 Å². The van der Waals surface area contributed by atoms with E-state index in [0.29, 0.717) is 29.8 Å². The summed E-state index contributed by atoms with van der Waals surface area (Å²) in [6, 6.07) is 18.3. The van der Waals surface area contributed by atoms with Crippen LogP contribution in [0.1, 0.15) is 24.0 Å². The minimum absolute atomic E-state index is 0.0599. The van der Waals surface area contributed by atoms with Crippen molar-refractivity contribution < 1.29 is 23.1 Å². The highest BCUT2D eigenvalue weighted by molar-refractivity contribution is 7.89. The Morgan fingerprint density at radius 2 is 1.76 bits per heavy atom. The summed E-state index contributed by atoms with van der Waals surface area (Å²) in [5, 5.41) is 11.0. The van der Waals surface area contributed by atoms with E-state index >= 15 is 0 Å². The third-order valence-corrected chi connectivity index (χ3v) is 8.16. The van der Waals surface area contributed by atoms with Crippen molar-refractivity contribution in [2.45, 2.75) is 30.2 Å². The molecule has 1 aliphatic rings. The summed E-state index contributed by atoms with van der Waals surface area (Å²) in [6.45, 7) is 0.499. The van der Waals surface area contributed by atoms with Gasteiger partial charge in [0.05, 0.1) is 10.8 Å². The maximum atomic E-state index is 13.6. The number of benzene rings is 3. The van der Waals surface area contributed by atoms with Crippen LogP contribution in [0, 0.1) is 5.92 Å². The molecule has 0 radical (unpaired) electrons. The van der Waals surface area contributed by atoms with Crippen molar-refractivity contribution in [2.75, 3.05) is 20.1 Å². The second-order valence-corrected chi connectivity index (χ2v) is 10.8. The number of sulfonamides is 1. The fourth-order valence-corrected chi connectivity index (χ4v) is 5.78. The number of hydrogen-bond acceptors (Lipinski definition) is 5. The Balaban J connectivity index is 1.63. The Morgan fingerprint density at radius 3 is 2.43 bits per heavy atom.